The maximum atomic E-state index is 12.8. The van der Waals surface area contributed by atoms with Gasteiger partial charge in [-0.25, -0.2) is 9.69 Å². The Kier molecular flexibility index (Phi) is 5.48. The SMILES string of the molecule is CCOc1ccc(N2C(=O)NC(=O)/C(=C/c3c(Cl)cccc3Cl)C2=O)cc1. The Labute approximate surface area is 165 Å². The first-order chi connectivity index (χ1) is 12.9. The largest absolute Gasteiger partial charge is 0.494 e. The van der Waals surface area contributed by atoms with Gasteiger partial charge < -0.3 is 4.74 Å². The van der Waals surface area contributed by atoms with E-state index in [1.165, 1.54) is 6.08 Å². The molecule has 0 atom stereocenters. The van der Waals surface area contributed by atoms with Crippen molar-refractivity contribution in [2.45, 2.75) is 6.92 Å². The minimum absolute atomic E-state index is 0.251. The minimum Gasteiger partial charge on any atom is -0.494 e. The van der Waals surface area contributed by atoms with Crippen LogP contribution in [0, 0.1) is 0 Å². The molecule has 1 aliphatic rings. The number of barbiturate groups is 1. The van der Waals surface area contributed by atoms with E-state index in [0.717, 1.165) is 4.90 Å². The molecule has 0 spiro atoms. The second kappa shape index (κ2) is 7.82. The van der Waals surface area contributed by atoms with Crippen LogP contribution in [-0.2, 0) is 9.59 Å². The molecule has 0 aliphatic carbocycles. The van der Waals surface area contributed by atoms with Crippen LogP contribution in [0.2, 0.25) is 10.0 Å². The zero-order chi connectivity index (χ0) is 19.6. The van der Waals surface area contributed by atoms with Gasteiger partial charge in [-0.2, -0.15) is 0 Å². The summed E-state index contributed by atoms with van der Waals surface area (Å²) in [6.07, 6.45) is 1.27. The molecule has 2 aromatic rings. The Morgan fingerprint density at radius 1 is 1.04 bits per heavy atom. The van der Waals surface area contributed by atoms with Crippen molar-refractivity contribution in [2.75, 3.05) is 11.5 Å². The smallest absolute Gasteiger partial charge is 0.335 e. The summed E-state index contributed by atoms with van der Waals surface area (Å²) in [6.45, 7) is 2.33. The van der Waals surface area contributed by atoms with E-state index >= 15 is 0 Å². The first-order valence-electron chi connectivity index (χ1n) is 8.00. The van der Waals surface area contributed by atoms with Crippen LogP contribution in [0.5, 0.6) is 5.75 Å². The number of hydrogen-bond donors (Lipinski definition) is 1. The number of anilines is 1. The summed E-state index contributed by atoms with van der Waals surface area (Å²) in [5.74, 6) is -0.993. The zero-order valence-electron chi connectivity index (χ0n) is 14.2. The lowest BCUT2D eigenvalue weighted by Gasteiger charge is -2.26. The van der Waals surface area contributed by atoms with Crippen LogP contribution in [0.4, 0.5) is 10.5 Å². The summed E-state index contributed by atoms with van der Waals surface area (Å²) in [4.78, 5) is 38.1. The number of carbonyl (C=O) groups excluding carboxylic acids is 3. The Hall–Kier alpha value is -2.83. The molecule has 1 N–H and O–H groups in total. The van der Waals surface area contributed by atoms with E-state index in [2.05, 4.69) is 5.32 Å². The van der Waals surface area contributed by atoms with E-state index in [0.29, 0.717) is 23.6 Å². The molecular formula is C19H14Cl2N2O4. The Morgan fingerprint density at radius 3 is 2.26 bits per heavy atom. The highest BCUT2D eigenvalue weighted by Gasteiger charge is 2.37. The molecule has 1 fully saturated rings. The van der Waals surface area contributed by atoms with Gasteiger partial charge in [0, 0.05) is 15.6 Å². The minimum atomic E-state index is -0.837. The van der Waals surface area contributed by atoms with Crippen molar-refractivity contribution < 1.29 is 19.1 Å². The van der Waals surface area contributed by atoms with Crippen LogP contribution in [0.15, 0.2) is 48.0 Å². The molecule has 138 valence electrons. The predicted molar refractivity (Wildman–Crippen MR) is 103 cm³/mol. The van der Waals surface area contributed by atoms with Gasteiger partial charge in [-0.1, -0.05) is 29.3 Å². The zero-order valence-corrected chi connectivity index (χ0v) is 15.7. The summed E-state index contributed by atoms with van der Waals surface area (Å²) in [5, 5.41) is 2.70. The van der Waals surface area contributed by atoms with Gasteiger partial charge >= 0.3 is 6.03 Å². The highest BCUT2D eigenvalue weighted by molar-refractivity contribution is 6.41. The number of halogens is 2. The van der Waals surface area contributed by atoms with Crippen molar-refractivity contribution in [1.82, 2.24) is 5.32 Å². The van der Waals surface area contributed by atoms with Crippen molar-refractivity contribution in [3.05, 3.63) is 63.6 Å². The number of amides is 4. The van der Waals surface area contributed by atoms with Crippen LogP contribution in [-0.4, -0.2) is 24.5 Å². The Morgan fingerprint density at radius 2 is 1.67 bits per heavy atom. The number of hydrogen-bond acceptors (Lipinski definition) is 4. The second-order valence-electron chi connectivity index (χ2n) is 5.52. The molecule has 27 heavy (non-hydrogen) atoms. The lowest BCUT2D eigenvalue weighted by molar-refractivity contribution is -0.122. The van der Waals surface area contributed by atoms with Crippen LogP contribution < -0.4 is 15.0 Å². The molecule has 1 heterocycles. The van der Waals surface area contributed by atoms with Crippen LogP contribution in [0.3, 0.4) is 0 Å². The topological polar surface area (TPSA) is 75.7 Å². The molecule has 0 radical (unpaired) electrons. The summed E-state index contributed by atoms with van der Waals surface area (Å²) in [6, 6.07) is 10.3. The molecule has 3 rings (SSSR count). The van der Waals surface area contributed by atoms with Crippen molar-refractivity contribution in [3.8, 4) is 5.75 Å². The maximum Gasteiger partial charge on any atom is 0.335 e. The van der Waals surface area contributed by atoms with E-state index < -0.39 is 17.8 Å². The second-order valence-corrected chi connectivity index (χ2v) is 6.33. The Bertz CT molecular complexity index is 934. The van der Waals surface area contributed by atoms with Crippen molar-refractivity contribution in [1.29, 1.82) is 0 Å². The monoisotopic (exact) mass is 404 g/mol. The normalized spacial score (nSPS) is 15.9. The third kappa shape index (κ3) is 3.82. The number of benzene rings is 2. The van der Waals surface area contributed by atoms with E-state index in [4.69, 9.17) is 27.9 Å². The van der Waals surface area contributed by atoms with Gasteiger partial charge in [0.05, 0.1) is 12.3 Å². The highest BCUT2D eigenvalue weighted by atomic mass is 35.5. The quantitative estimate of drug-likeness (QED) is 0.615. The van der Waals surface area contributed by atoms with Gasteiger partial charge in [-0.05, 0) is 49.4 Å². The van der Waals surface area contributed by atoms with Gasteiger partial charge in [0.25, 0.3) is 11.8 Å². The third-order valence-electron chi connectivity index (χ3n) is 3.80. The molecule has 0 saturated carbocycles. The van der Waals surface area contributed by atoms with E-state index in [-0.39, 0.29) is 15.6 Å². The molecule has 2 aromatic carbocycles. The van der Waals surface area contributed by atoms with Gasteiger partial charge in [0.1, 0.15) is 11.3 Å². The number of carbonyl (C=O) groups is 3. The molecular weight excluding hydrogens is 391 g/mol. The van der Waals surface area contributed by atoms with Gasteiger partial charge in [0.2, 0.25) is 0 Å². The van der Waals surface area contributed by atoms with Gasteiger partial charge in [-0.3, -0.25) is 14.9 Å². The van der Waals surface area contributed by atoms with Crippen LogP contribution >= 0.6 is 23.2 Å². The van der Waals surface area contributed by atoms with Crippen molar-refractivity contribution in [3.63, 3.8) is 0 Å². The van der Waals surface area contributed by atoms with E-state index in [1.807, 2.05) is 6.92 Å². The van der Waals surface area contributed by atoms with E-state index in [9.17, 15) is 14.4 Å². The average Bonchev–Trinajstić information content (AvgIpc) is 2.62. The first kappa shape index (κ1) is 18.9. The first-order valence-corrected chi connectivity index (χ1v) is 8.76. The lowest BCUT2D eigenvalue weighted by atomic mass is 10.1. The van der Waals surface area contributed by atoms with Crippen LogP contribution in [0.1, 0.15) is 12.5 Å². The highest BCUT2D eigenvalue weighted by Crippen LogP contribution is 2.29. The number of urea groups is 1. The molecule has 1 saturated heterocycles. The summed E-state index contributed by atoms with van der Waals surface area (Å²) < 4.78 is 5.35. The molecule has 0 bridgehead atoms. The lowest BCUT2D eigenvalue weighted by Crippen LogP contribution is -2.54. The van der Waals surface area contributed by atoms with Gasteiger partial charge in [-0.15, -0.1) is 0 Å². The average molecular weight is 405 g/mol. The summed E-state index contributed by atoms with van der Waals surface area (Å²) in [7, 11) is 0. The van der Waals surface area contributed by atoms with Crippen molar-refractivity contribution >= 4 is 52.8 Å². The number of nitrogens with zero attached hydrogens (tertiary/aromatic N) is 1. The fourth-order valence-electron chi connectivity index (χ4n) is 2.54. The van der Waals surface area contributed by atoms with E-state index in [1.54, 1.807) is 42.5 Å². The van der Waals surface area contributed by atoms with Crippen LogP contribution in [0.25, 0.3) is 6.08 Å². The summed E-state index contributed by atoms with van der Waals surface area (Å²) >= 11 is 12.2. The molecule has 6 nitrogen and oxygen atoms in total. The third-order valence-corrected chi connectivity index (χ3v) is 4.46. The fraction of sp³-hybridized carbons (Fsp3) is 0.105. The molecule has 4 amide bonds. The molecule has 0 unspecified atom stereocenters. The Balaban J connectivity index is 2.00. The number of imide groups is 2. The predicted octanol–water partition coefficient (Wildman–Crippen LogP) is 4.06. The summed E-state index contributed by atoms with van der Waals surface area (Å²) in [5.41, 5.74) is 0.364. The standard InChI is InChI=1S/C19H14Cl2N2O4/c1-2-27-12-8-6-11(7-9-12)23-18(25)14(17(24)22-19(23)26)10-13-15(20)4-3-5-16(13)21/h3-10H,2H2,1H3,(H,22,24,26)/b14-10-. The molecule has 8 heteroatoms. The fourth-order valence-corrected chi connectivity index (χ4v) is 3.05. The number of ether oxygens (including phenoxy) is 1. The number of nitrogens with one attached hydrogen (secondary N) is 1. The molecule has 0 aromatic heterocycles. The van der Waals surface area contributed by atoms with Gasteiger partial charge in [0.15, 0.2) is 0 Å². The van der Waals surface area contributed by atoms with Crippen molar-refractivity contribution in [2.24, 2.45) is 0 Å². The molecule has 1 aliphatic heterocycles. The number of rotatable bonds is 4. The maximum absolute atomic E-state index is 12.8.